The summed E-state index contributed by atoms with van der Waals surface area (Å²) in [5.41, 5.74) is 5.85. The Morgan fingerprint density at radius 2 is 2.30 bits per heavy atom. The van der Waals surface area contributed by atoms with Gasteiger partial charge in [-0.2, -0.15) is 0 Å². The fourth-order valence-electron chi connectivity index (χ4n) is 3.10. The van der Waals surface area contributed by atoms with Crippen LogP contribution in [0.2, 0.25) is 0 Å². The van der Waals surface area contributed by atoms with Gasteiger partial charge in [-0.05, 0) is 50.7 Å². The Bertz CT molecular complexity index is 443. The summed E-state index contributed by atoms with van der Waals surface area (Å²) in [5, 5.41) is 0. The van der Waals surface area contributed by atoms with Crippen molar-refractivity contribution in [2.45, 2.75) is 52.0 Å². The fourth-order valence-corrected chi connectivity index (χ4v) is 4.03. The quantitative estimate of drug-likeness (QED) is 0.907. The second-order valence-corrected chi connectivity index (χ2v) is 7.25. The molecule has 4 heteroatoms. The van der Waals surface area contributed by atoms with Gasteiger partial charge in [0.2, 0.25) is 5.91 Å². The molecule has 2 rings (SSSR count). The van der Waals surface area contributed by atoms with Crippen LogP contribution in [0.4, 0.5) is 0 Å². The minimum Gasteiger partial charge on any atom is -0.338 e. The third-order valence-corrected chi connectivity index (χ3v) is 5.35. The highest BCUT2D eigenvalue weighted by Crippen LogP contribution is 2.24. The normalized spacial score (nSPS) is 23.1. The Kier molecular flexibility index (Phi) is 5.61. The number of thiophene rings is 1. The monoisotopic (exact) mass is 294 g/mol. The van der Waals surface area contributed by atoms with E-state index >= 15 is 0 Å². The SMILES string of the molecule is Cc1ccc(CCCC(=O)N2CCC[C@H](C)[C@@H]2CN)s1. The fraction of sp³-hybridized carbons (Fsp3) is 0.688. The smallest absolute Gasteiger partial charge is 0.222 e. The molecule has 0 bridgehead atoms. The van der Waals surface area contributed by atoms with E-state index in [0.29, 0.717) is 24.8 Å². The van der Waals surface area contributed by atoms with Crippen LogP contribution in [0.15, 0.2) is 12.1 Å². The van der Waals surface area contributed by atoms with Crippen molar-refractivity contribution in [3.63, 3.8) is 0 Å². The number of aryl methyl sites for hydroxylation is 2. The third kappa shape index (κ3) is 3.83. The van der Waals surface area contributed by atoms with E-state index < -0.39 is 0 Å². The van der Waals surface area contributed by atoms with Crippen LogP contribution in [0.3, 0.4) is 0 Å². The third-order valence-electron chi connectivity index (χ3n) is 4.29. The van der Waals surface area contributed by atoms with E-state index in [0.717, 1.165) is 25.8 Å². The average Bonchev–Trinajstić information content (AvgIpc) is 2.84. The molecule has 0 spiro atoms. The van der Waals surface area contributed by atoms with Crippen LogP contribution in [-0.4, -0.2) is 29.9 Å². The standard InChI is InChI=1S/C16H26N2OS/c1-12-5-4-10-18(15(12)11-17)16(19)7-3-6-14-9-8-13(2)20-14/h8-9,12,15H,3-7,10-11,17H2,1-2H3/t12-,15-/m0/s1. The molecule has 1 saturated heterocycles. The topological polar surface area (TPSA) is 46.3 Å². The number of piperidine rings is 1. The molecule has 1 aromatic rings. The lowest BCUT2D eigenvalue weighted by Crippen LogP contribution is -2.51. The summed E-state index contributed by atoms with van der Waals surface area (Å²) in [4.78, 5) is 17.2. The lowest BCUT2D eigenvalue weighted by molar-refractivity contribution is -0.136. The summed E-state index contributed by atoms with van der Waals surface area (Å²) in [6.45, 7) is 5.83. The predicted molar refractivity (Wildman–Crippen MR) is 84.9 cm³/mol. The van der Waals surface area contributed by atoms with E-state index in [2.05, 4.69) is 26.0 Å². The first-order valence-electron chi connectivity index (χ1n) is 7.66. The summed E-state index contributed by atoms with van der Waals surface area (Å²) in [6, 6.07) is 4.58. The van der Waals surface area contributed by atoms with Crippen LogP contribution >= 0.6 is 11.3 Å². The number of hydrogen-bond donors (Lipinski definition) is 1. The van der Waals surface area contributed by atoms with Gasteiger partial charge in [0.25, 0.3) is 0 Å². The van der Waals surface area contributed by atoms with E-state index in [1.54, 1.807) is 0 Å². The van der Waals surface area contributed by atoms with Gasteiger partial charge in [-0.1, -0.05) is 6.92 Å². The highest BCUT2D eigenvalue weighted by molar-refractivity contribution is 7.11. The molecule has 0 saturated carbocycles. The average molecular weight is 294 g/mol. The van der Waals surface area contributed by atoms with Crippen LogP contribution in [0, 0.1) is 12.8 Å². The van der Waals surface area contributed by atoms with Gasteiger partial charge in [0, 0.05) is 35.3 Å². The lowest BCUT2D eigenvalue weighted by Gasteiger charge is -2.39. The molecule has 0 aromatic carbocycles. The van der Waals surface area contributed by atoms with Gasteiger partial charge in [0.05, 0.1) is 0 Å². The Morgan fingerprint density at radius 1 is 1.50 bits per heavy atom. The van der Waals surface area contributed by atoms with Crippen molar-refractivity contribution < 1.29 is 4.79 Å². The maximum absolute atomic E-state index is 12.4. The molecule has 3 nitrogen and oxygen atoms in total. The Hall–Kier alpha value is -0.870. The van der Waals surface area contributed by atoms with E-state index in [9.17, 15) is 4.79 Å². The first kappa shape index (κ1) is 15.5. The van der Waals surface area contributed by atoms with Crippen LogP contribution in [-0.2, 0) is 11.2 Å². The Morgan fingerprint density at radius 3 is 2.95 bits per heavy atom. The molecule has 0 unspecified atom stereocenters. The number of nitrogens with zero attached hydrogens (tertiary/aromatic N) is 1. The molecule has 1 fully saturated rings. The first-order valence-corrected chi connectivity index (χ1v) is 8.48. The van der Waals surface area contributed by atoms with Gasteiger partial charge in [0.1, 0.15) is 0 Å². The molecule has 1 aliphatic heterocycles. The molecule has 2 heterocycles. The Balaban J connectivity index is 1.81. The molecule has 2 atom stereocenters. The van der Waals surface area contributed by atoms with Crippen LogP contribution in [0.25, 0.3) is 0 Å². The van der Waals surface area contributed by atoms with E-state index in [1.807, 2.05) is 16.2 Å². The van der Waals surface area contributed by atoms with Crippen LogP contribution < -0.4 is 5.73 Å². The van der Waals surface area contributed by atoms with Crippen molar-refractivity contribution in [3.05, 3.63) is 21.9 Å². The molecule has 0 radical (unpaired) electrons. The number of amides is 1. The lowest BCUT2D eigenvalue weighted by atomic mass is 9.90. The number of likely N-dealkylation sites (tertiary alicyclic amines) is 1. The zero-order chi connectivity index (χ0) is 14.5. The number of nitrogens with two attached hydrogens (primary N) is 1. The predicted octanol–water partition coefficient (Wildman–Crippen LogP) is 2.97. The zero-order valence-electron chi connectivity index (χ0n) is 12.6. The maximum atomic E-state index is 12.4. The van der Waals surface area contributed by atoms with Crippen molar-refractivity contribution >= 4 is 17.2 Å². The number of carbonyl (C=O) groups excluding carboxylic acids is 1. The van der Waals surface area contributed by atoms with E-state index in [1.165, 1.54) is 16.2 Å². The van der Waals surface area contributed by atoms with Crippen molar-refractivity contribution in [1.82, 2.24) is 4.90 Å². The highest BCUT2D eigenvalue weighted by Gasteiger charge is 2.30. The van der Waals surface area contributed by atoms with Crippen LogP contribution in [0.1, 0.15) is 42.4 Å². The molecular weight excluding hydrogens is 268 g/mol. The second kappa shape index (κ2) is 7.23. The number of hydrogen-bond acceptors (Lipinski definition) is 3. The molecule has 2 N–H and O–H groups in total. The molecule has 1 amide bonds. The molecule has 20 heavy (non-hydrogen) atoms. The van der Waals surface area contributed by atoms with E-state index in [-0.39, 0.29) is 6.04 Å². The van der Waals surface area contributed by atoms with Crippen molar-refractivity contribution in [2.24, 2.45) is 11.7 Å². The largest absolute Gasteiger partial charge is 0.338 e. The molecular formula is C16H26N2OS. The minimum absolute atomic E-state index is 0.250. The summed E-state index contributed by atoms with van der Waals surface area (Å²) in [7, 11) is 0. The van der Waals surface area contributed by atoms with Gasteiger partial charge >= 0.3 is 0 Å². The molecule has 1 aliphatic rings. The maximum Gasteiger partial charge on any atom is 0.222 e. The van der Waals surface area contributed by atoms with Gasteiger partial charge in [0.15, 0.2) is 0 Å². The van der Waals surface area contributed by atoms with Gasteiger partial charge in [-0.15, -0.1) is 11.3 Å². The molecule has 0 aliphatic carbocycles. The highest BCUT2D eigenvalue weighted by atomic mass is 32.1. The molecule has 1 aromatic heterocycles. The summed E-state index contributed by atoms with van der Waals surface area (Å²) >= 11 is 1.84. The summed E-state index contributed by atoms with van der Waals surface area (Å²) in [6.07, 6.45) is 4.93. The van der Waals surface area contributed by atoms with Crippen molar-refractivity contribution in [2.75, 3.05) is 13.1 Å². The minimum atomic E-state index is 0.250. The van der Waals surface area contributed by atoms with Crippen molar-refractivity contribution in [3.8, 4) is 0 Å². The number of rotatable bonds is 5. The second-order valence-electron chi connectivity index (χ2n) is 5.88. The summed E-state index contributed by atoms with van der Waals surface area (Å²) < 4.78 is 0. The van der Waals surface area contributed by atoms with Gasteiger partial charge in [-0.3, -0.25) is 4.79 Å². The van der Waals surface area contributed by atoms with Gasteiger partial charge in [-0.25, -0.2) is 0 Å². The number of carbonyl (C=O) groups is 1. The van der Waals surface area contributed by atoms with Crippen LogP contribution in [0.5, 0.6) is 0 Å². The van der Waals surface area contributed by atoms with Crippen molar-refractivity contribution in [1.29, 1.82) is 0 Å². The Labute approximate surface area is 126 Å². The van der Waals surface area contributed by atoms with Gasteiger partial charge < -0.3 is 10.6 Å². The summed E-state index contributed by atoms with van der Waals surface area (Å²) in [5.74, 6) is 0.831. The first-order chi connectivity index (χ1) is 9.61. The van der Waals surface area contributed by atoms with E-state index in [4.69, 9.17) is 5.73 Å². The zero-order valence-corrected chi connectivity index (χ0v) is 13.4. The molecule has 112 valence electrons.